The second-order valence-corrected chi connectivity index (χ2v) is 6.23. The van der Waals surface area contributed by atoms with Crippen molar-refractivity contribution in [2.75, 3.05) is 12.3 Å². The predicted molar refractivity (Wildman–Crippen MR) is 77.0 cm³/mol. The molecule has 0 aliphatic carbocycles. The van der Waals surface area contributed by atoms with Gasteiger partial charge in [0.05, 0.1) is 5.69 Å². The third-order valence-corrected chi connectivity index (χ3v) is 4.76. The zero-order chi connectivity index (χ0) is 12.2. The van der Waals surface area contributed by atoms with Gasteiger partial charge in [-0.15, -0.1) is 0 Å². The quantitative estimate of drug-likeness (QED) is 0.917. The molecule has 1 unspecified atom stereocenters. The molecular weight excluding hydrogens is 242 g/mol. The first-order chi connectivity index (χ1) is 8.92. The van der Waals surface area contributed by atoms with Gasteiger partial charge >= 0.3 is 0 Å². The van der Waals surface area contributed by atoms with Crippen molar-refractivity contribution in [3.8, 4) is 0 Å². The molecule has 96 valence electrons. The minimum atomic E-state index is 0.802. The number of rotatable bonds is 4. The summed E-state index contributed by atoms with van der Waals surface area (Å²) >= 11 is 2.12. The van der Waals surface area contributed by atoms with Crippen molar-refractivity contribution < 1.29 is 0 Å². The van der Waals surface area contributed by atoms with Crippen molar-refractivity contribution in [3.63, 3.8) is 0 Å². The first kappa shape index (κ1) is 12.1. The monoisotopic (exact) mass is 261 g/mol. The molecule has 3 rings (SSSR count). The molecule has 0 bridgehead atoms. The van der Waals surface area contributed by atoms with Gasteiger partial charge in [0.2, 0.25) is 0 Å². The molecule has 0 radical (unpaired) electrons. The number of nitrogens with zero attached hydrogens (tertiary/aromatic N) is 2. The van der Waals surface area contributed by atoms with E-state index in [0.717, 1.165) is 29.7 Å². The second kappa shape index (κ2) is 5.76. The van der Waals surface area contributed by atoms with E-state index in [4.69, 9.17) is 0 Å². The molecule has 2 aromatic rings. The van der Waals surface area contributed by atoms with E-state index in [1.807, 2.05) is 24.4 Å². The van der Waals surface area contributed by atoms with Crippen LogP contribution in [0.5, 0.6) is 0 Å². The van der Waals surface area contributed by atoms with Gasteiger partial charge in [-0.25, -0.2) is 4.98 Å². The number of pyridine rings is 1. The van der Waals surface area contributed by atoms with Crippen LogP contribution in [0, 0.1) is 0 Å². The first-order valence-corrected chi connectivity index (χ1v) is 7.71. The summed E-state index contributed by atoms with van der Waals surface area (Å²) in [7, 11) is 0. The number of hydrogen-bond donors (Lipinski definition) is 1. The minimum Gasteiger partial charge on any atom is -0.310 e. The Morgan fingerprint density at radius 2 is 2.39 bits per heavy atom. The van der Waals surface area contributed by atoms with Crippen molar-refractivity contribution in [1.82, 2.24) is 14.7 Å². The largest absolute Gasteiger partial charge is 0.310 e. The van der Waals surface area contributed by atoms with Crippen LogP contribution >= 0.6 is 11.8 Å². The third kappa shape index (κ3) is 2.87. The zero-order valence-corrected chi connectivity index (χ0v) is 11.3. The highest BCUT2D eigenvalue weighted by Crippen LogP contribution is 2.24. The van der Waals surface area contributed by atoms with Crippen LogP contribution in [0.4, 0.5) is 0 Å². The van der Waals surface area contributed by atoms with Crippen LogP contribution in [0.3, 0.4) is 0 Å². The van der Waals surface area contributed by atoms with E-state index in [0.29, 0.717) is 0 Å². The molecule has 0 spiro atoms. The van der Waals surface area contributed by atoms with E-state index in [9.17, 15) is 0 Å². The Hall–Kier alpha value is -1.00. The van der Waals surface area contributed by atoms with Crippen LogP contribution < -0.4 is 5.32 Å². The lowest BCUT2D eigenvalue weighted by molar-refractivity contribution is 0.594. The number of imidazole rings is 1. The molecule has 1 saturated heterocycles. The van der Waals surface area contributed by atoms with Gasteiger partial charge in [0.15, 0.2) is 0 Å². The first-order valence-electron chi connectivity index (χ1n) is 6.67. The molecule has 4 heteroatoms. The molecule has 3 nitrogen and oxygen atoms in total. The fourth-order valence-corrected chi connectivity index (χ4v) is 3.68. The second-order valence-electron chi connectivity index (χ2n) is 4.82. The van der Waals surface area contributed by atoms with Crippen molar-refractivity contribution >= 4 is 17.4 Å². The fraction of sp³-hybridized carbons (Fsp3) is 0.500. The Labute approximate surface area is 112 Å². The average Bonchev–Trinajstić information content (AvgIpc) is 2.82. The molecule has 0 amide bonds. The zero-order valence-electron chi connectivity index (χ0n) is 10.5. The molecule has 3 heterocycles. The maximum atomic E-state index is 4.59. The number of thioether (sulfide) groups is 1. The smallest absolute Gasteiger partial charge is 0.137 e. The summed E-state index contributed by atoms with van der Waals surface area (Å²) in [5.74, 6) is 1.33. The van der Waals surface area contributed by atoms with Gasteiger partial charge in [0.1, 0.15) is 5.65 Å². The van der Waals surface area contributed by atoms with Gasteiger partial charge < -0.3 is 9.72 Å². The minimum absolute atomic E-state index is 0.802. The van der Waals surface area contributed by atoms with E-state index >= 15 is 0 Å². The SMILES string of the molecule is c1ccn2cc(CNCC3CCCCS3)nc2c1. The number of hydrogen-bond acceptors (Lipinski definition) is 3. The number of fused-ring (bicyclic) bond motifs is 1. The lowest BCUT2D eigenvalue weighted by Crippen LogP contribution is -2.26. The maximum Gasteiger partial charge on any atom is 0.137 e. The molecule has 1 aliphatic heterocycles. The molecule has 2 aromatic heterocycles. The van der Waals surface area contributed by atoms with Gasteiger partial charge in [-0.05, 0) is 30.7 Å². The van der Waals surface area contributed by atoms with Crippen LogP contribution in [0.1, 0.15) is 25.0 Å². The topological polar surface area (TPSA) is 29.3 Å². The summed E-state index contributed by atoms with van der Waals surface area (Å²) in [5.41, 5.74) is 2.16. The van der Waals surface area contributed by atoms with Crippen molar-refractivity contribution in [2.24, 2.45) is 0 Å². The van der Waals surface area contributed by atoms with E-state index in [1.54, 1.807) is 0 Å². The van der Waals surface area contributed by atoms with Crippen LogP contribution in [0.25, 0.3) is 5.65 Å². The Bertz CT molecular complexity index is 469. The molecule has 18 heavy (non-hydrogen) atoms. The Morgan fingerprint density at radius 1 is 1.39 bits per heavy atom. The van der Waals surface area contributed by atoms with Gasteiger partial charge in [-0.3, -0.25) is 0 Å². The van der Waals surface area contributed by atoms with Crippen LogP contribution in [0.15, 0.2) is 30.6 Å². The summed E-state index contributed by atoms with van der Waals surface area (Å²) < 4.78 is 2.08. The van der Waals surface area contributed by atoms with E-state index in [2.05, 4.69) is 32.7 Å². The highest BCUT2D eigenvalue weighted by Gasteiger charge is 2.13. The van der Waals surface area contributed by atoms with Crippen molar-refractivity contribution in [3.05, 3.63) is 36.3 Å². The number of aromatic nitrogens is 2. The van der Waals surface area contributed by atoms with Gasteiger partial charge in [0, 0.05) is 30.7 Å². The summed E-state index contributed by atoms with van der Waals surface area (Å²) in [5, 5.41) is 4.34. The van der Waals surface area contributed by atoms with Crippen LogP contribution in [0.2, 0.25) is 0 Å². The summed E-state index contributed by atoms with van der Waals surface area (Å²) in [6.45, 7) is 1.98. The van der Waals surface area contributed by atoms with E-state index < -0.39 is 0 Å². The summed E-state index contributed by atoms with van der Waals surface area (Å²) in [4.78, 5) is 4.59. The molecule has 0 saturated carbocycles. The molecule has 1 atom stereocenters. The standard InChI is InChI=1S/C14H19N3S/c1-3-7-17-11-12(16-14(17)6-1)9-15-10-13-5-2-4-8-18-13/h1,3,6-7,11,13,15H,2,4-5,8-10H2. The van der Waals surface area contributed by atoms with Gasteiger partial charge in [0.25, 0.3) is 0 Å². The molecule has 0 aromatic carbocycles. The molecular formula is C14H19N3S. The Morgan fingerprint density at radius 3 is 3.22 bits per heavy atom. The van der Waals surface area contributed by atoms with E-state index in [1.165, 1.54) is 25.0 Å². The Balaban J connectivity index is 1.53. The van der Waals surface area contributed by atoms with Crippen molar-refractivity contribution in [1.29, 1.82) is 0 Å². The predicted octanol–water partition coefficient (Wildman–Crippen LogP) is 2.71. The van der Waals surface area contributed by atoms with Gasteiger partial charge in [-0.2, -0.15) is 11.8 Å². The van der Waals surface area contributed by atoms with Gasteiger partial charge in [-0.1, -0.05) is 12.5 Å². The maximum absolute atomic E-state index is 4.59. The highest BCUT2D eigenvalue weighted by molar-refractivity contribution is 7.99. The van der Waals surface area contributed by atoms with E-state index in [-0.39, 0.29) is 0 Å². The molecule has 1 fully saturated rings. The normalized spacial score (nSPS) is 20.3. The van der Waals surface area contributed by atoms with Crippen molar-refractivity contribution in [2.45, 2.75) is 31.1 Å². The average molecular weight is 261 g/mol. The molecule has 1 aliphatic rings. The summed E-state index contributed by atoms with van der Waals surface area (Å²) in [6, 6.07) is 6.10. The number of nitrogens with one attached hydrogen (secondary N) is 1. The van der Waals surface area contributed by atoms with Crippen LogP contribution in [-0.4, -0.2) is 26.9 Å². The Kier molecular flexibility index (Phi) is 3.86. The lowest BCUT2D eigenvalue weighted by Gasteiger charge is -2.21. The molecule has 1 N–H and O–H groups in total. The third-order valence-electron chi connectivity index (χ3n) is 3.37. The highest BCUT2D eigenvalue weighted by atomic mass is 32.2. The van der Waals surface area contributed by atoms with Crippen LogP contribution in [-0.2, 0) is 6.54 Å². The summed E-state index contributed by atoms with van der Waals surface area (Å²) in [6.07, 6.45) is 8.31. The lowest BCUT2D eigenvalue weighted by atomic mass is 10.2. The fourth-order valence-electron chi connectivity index (χ4n) is 2.40.